The SMILES string of the molecule is Nc1ccc(SCCCC(=O)O)cc1. The monoisotopic (exact) mass is 211 g/mol. The molecule has 0 radical (unpaired) electrons. The van der Waals surface area contributed by atoms with Crippen LogP contribution in [0.25, 0.3) is 0 Å². The number of anilines is 1. The maximum absolute atomic E-state index is 10.2. The van der Waals surface area contributed by atoms with Crippen LogP contribution >= 0.6 is 11.8 Å². The van der Waals surface area contributed by atoms with Crippen molar-refractivity contribution < 1.29 is 9.90 Å². The van der Waals surface area contributed by atoms with Gasteiger partial charge in [0.15, 0.2) is 0 Å². The number of carbonyl (C=O) groups is 1. The van der Waals surface area contributed by atoms with Crippen LogP contribution in [0.2, 0.25) is 0 Å². The first-order valence-corrected chi connectivity index (χ1v) is 5.37. The lowest BCUT2D eigenvalue weighted by Gasteiger charge is -2.00. The van der Waals surface area contributed by atoms with E-state index in [4.69, 9.17) is 10.8 Å². The standard InChI is InChI=1S/C10H13NO2S/c11-8-3-5-9(6-4-8)14-7-1-2-10(12)13/h3-6H,1-2,7,11H2,(H,12,13). The van der Waals surface area contributed by atoms with Crippen molar-refractivity contribution in [2.75, 3.05) is 11.5 Å². The number of carboxylic acid groups (broad SMARTS) is 1. The number of aliphatic carboxylic acids is 1. The number of rotatable bonds is 5. The molecule has 0 atom stereocenters. The van der Waals surface area contributed by atoms with E-state index < -0.39 is 5.97 Å². The first kappa shape index (κ1) is 10.9. The molecule has 0 amide bonds. The maximum atomic E-state index is 10.2. The summed E-state index contributed by atoms with van der Waals surface area (Å²) in [7, 11) is 0. The summed E-state index contributed by atoms with van der Waals surface area (Å²) in [6.45, 7) is 0. The fraction of sp³-hybridized carbons (Fsp3) is 0.300. The first-order chi connectivity index (χ1) is 6.68. The molecule has 1 aromatic rings. The smallest absolute Gasteiger partial charge is 0.303 e. The van der Waals surface area contributed by atoms with Gasteiger partial charge in [0.2, 0.25) is 0 Å². The molecule has 0 aliphatic rings. The zero-order valence-electron chi connectivity index (χ0n) is 7.77. The second kappa shape index (κ2) is 5.54. The van der Waals surface area contributed by atoms with Crippen molar-refractivity contribution >= 4 is 23.4 Å². The van der Waals surface area contributed by atoms with E-state index in [1.807, 2.05) is 24.3 Å². The highest BCUT2D eigenvalue weighted by molar-refractivity contribution is 7.99. The minimum absolute atomic E-state index is 0.238. The number of hydrogen-bond donors (Lipinski definition) is 2. The third-order valence-corrected chi connectivity index (χ3v) is 2.78. The van der Waals surface area contributed by atoms with Gasteiger partial charge in [-0.3, -0.25) is 4.79 Å². The van der Waals surface area contributed by atoms with Crippen LogP contribution < -0.4 is 5.73 Å². The quantitative estimate of drug-likeness (QED) is 0.445. The Bertz CT molecular complexity index is 297. The summed E-state index contributed by atoms with van der Waals surface area (Å²) in [5, 5.41) is 8.42. The highest BCUT2D eigenvalue weighted by Crippen LogP contribution is 2.20. The van der Waals surface area contributed by atoms with Gasteiger partial charge in [0.05, 0.1) is 0 Å². The number of nitrogens with two attached hydrogens (primary N) is 1. The molecule has 4 heteroatoms. The Morgan fingerprint density at radius 3 is 2.57 bits per heavy atom. The third-order valence-electron chi connectivity index (χ3n) is 1.68. The molecule has 0 aromatic heterocycles. The predicted molar refractivity (Wildman–Crippen MR) is 58.4 cm³/mol. The van der Waals surface area contributed by atoms with E-state index in [0.29, 0.717) is 6.42 Å². The molecule has 0 fully saturated rings. The van der Waals surface area contributed by atoms with Crippen LogP contribution in [0.4, 0.5) is 5.69 Å². The van der Waals surface area contributed by atoms with Crippen LogP contribution in [0.15, 0.2) is 29.2 Å². The Morgan fingerprint density at radius 1 is 1.36 bits per heavy atom. The van der Waals surface area contributed by atoms with E-state index in [1.165, 1.54) is 0 Å². The molecule has 0 aliphatic carbocycles. The van der Waals surface area contributed by atoms with Gasteiger partial charge in [0.25, 0.3) is 0 Å². The summed E-state index contributed by atoms with van der Waals surface area (Å²) in [5.41, 5.74) is 6.28. The Labute approximate surface area is 87.3 Å². The Morgan fingerprint density at radius 2 is 2.00 bits per heavy atom. The van der Waals surface area contributed by atoms with Gasteiger partial charge >= 0.3 is 5.97 Å². The average Bonchev–Trinajstić information content (AvgIpc) is 2.15. The van der Waals surface area contributed by atoms with Crippen LogP contribution in [-0.2, 0) is 4.79 Å². The van der Waals surface area contributed by atoms with Crippen LogP contribution in [-0.4, -0.2) is 16.8 Å². The van der Waals surface area contributed by atoms with Gasteiger partial charge in [-0.25, -0.2) is 0 Å². The van der Waals surface area contributed by atoms with Gasteiger partial charge < -0.3 is 10.8 Å². The zero-order chi connectivity index (χ0) is 10.4. The maximum Gasteiger partial charge on any atom is 0.303 e. The lowest BCUT2D eigenvalue weighted by atomic mass is 10.3. The number of benzene rings is 1. The van der Waals surface area contributed by atoms with Gasteiger partial charge in [-0.1, -0.05) is 0 Å². The molecular formula is C10H13NO2S. The highest BCUT2D eigenvalue weighted by Gasteiger charge is 1.97. The van der Waals surface area contributed by atoms with Crippen LogP contribution in [0.5, 0.6) is 0 Å². The fourth-order valence-corrected chi connectivity index (χ4v) is 1.83. The molecule has 14 heavy (non-hydrogen) atoms. The van der Waals surface area contributed by atoms with Crippen molar-refractivity contribution in [1.29, 1.82) is 0 Å². The molecule has 0 heterocycles. The molecule has 0 aliphatic heterocycles. The molecule has 0 saturated heterocycles. The summed E-state index contributed by atoms with van der Waals surface area (Å²) < 4.78 is 0. The topological polar surface area (TPSA) is 63.3 Å². The minimum atomic E-state index is -0.733. The molecule has 1 rings (SSSR count). The van der Waals surface area contributed by atoms with Gasteiger partial charge in [0.1, 0.15) is 0 Å². The molecule has 0 saturated carbocycles. The fourth-order valence-electron chi connectivity index (χ4n) is 0.977. The van der Waals surface area contributed by atoms with Crippen molar-refractivity contribution in [1.82, 2.24) is 0 Å². The van der Waals surface area contributed by atoms with Crippen LogP contribution in [0.3, 0.4) is 0 Å². The normalized spacial score (nSPS) is 10.0. The molecule has 0 bridgehead atoms. The lowest BCUT2D eigenvalue weighted by molar-refractivity contribution is -0.137. The van der Waals surface area contributed by atoms with Crippen molar-refractivity contribution in [2.45, 2.75) is 17.7 Å². The van der Waals surface area contributed by atoms with Crippen molar-refractivity contribution in [3.8, 4) is 0 Å². The zero-order valence-corrected chi connectivity index (χ0v) is 8.59. The number of nitrogen functional groups attached to an aromatic ring is 1. The molecule has 1 aromatic carbocycles. The Kier molecular flexibility index (Phi) is 4.32. The number of thioether (sulfide) groups is 1. The molecular weight excluding hydrogens is 198 g/mol. The van der Waals surface area contributed by atoms with Crippen molar-refractivity contribution in [3.05, 3.63) is 24.3 Å². The van der Waals surface area contributed by atoms with E-state index in [0.717, 1.165) is 16.3 Å². The first-order valence-electron chi connectivity index (χ1n) is 4.38. The minimum Gasteiger partial charge on any atom is -0.481 e. The van der Waals surface area contributed by atoms with E-state index >= 15 is 0 Å². The van der Waals surface area contributed by atoms with Gasteiger partial charge in [0, 0.05) is 17.0 Å². The average molecular weight is 211 g/mol. The van der Waals surface area contributed by atoms with E-state index in [1.54, 1.807) is 11.8 Å². The molecule has 76 valence electrons. The molecule has 3 N–H and O–H groups in total. The van der Waals surface area contributed by atoms with E-state index in [2.05, 4.69) is 0 Å². The van der Waals surface area contributed by atoms with Crippen LogP contribution in [0.1, 0.15) is 12.8 Å². The van der Waals surface area contributed by atoms with E-state index in [9.17, 15) is 4.79 Å². The highest BCUT2D eigenvalue weighted by atomic mass is 32.2. The summed E-state index contributed by atoms with van der Waals surface area (Å²) in [6, 6.07) is 7.58. The van der Waals surface area contributed by atoms with Gasteiger partial charge in [-0.05, 0) is 36.4 Å². The largest absolute Gasteiger partial charge is 0.481 e. The molecule has 0 unspecified atom stereocenters. The Hall–Kier alpha value is -1.16. The molecule has 3 nitrogen and oxygen atoms in total. The third kappa shape index (κ3) is 4.18. The number of carboxylic acids is 1. The van der Waals surface area contributed by atoms with Crippen molar-refractivity contribution in [3.63, 3.8) is 0 Å². The van der Waals surface area contributed by atoms with Gasteiger partial charge in [-0.2, -0.15) is 0 Å². The predicted octanol–water partition coefficient (Wildman–Crippen LogP) is 2.23. The van der Waals surface area contributed by atoms with E-state index in [-0.39, 0.29) is 6.42 Å². The summed E-state index contributed by atoms with van der Waals surface area (Å²) >= 11 is 1.65. The summed E-state index contributed by atoms with van der Waals surface area (Å²) in [4.78, 5) is 11.4. The van der Waals surface area contributed by atoms with Crippen LogP contribution in [0, 0.1) is 0 Å². The second-order valence-electron chi connectivity index (χ2n) is 2.91. The Balaban J connectivity index is 2.25. The second-order valence-corrected chi connectivity index (χ2v) is 4.08. The molecule has 0 spiro atoms. The van der Waals surface area contributed by atoms with Gasteiger partial charge in [-0.15, -0.1) is 11.8 Å². The number of hydrogen-bond acceptors (Lipinski definition) is 3. The van der Waals surface area contributed by atoms with Crippen molar-refractivity contribution in [2.24, 2.45) is 0 Å². The lowest BCUT2D eigenvalue weighted by Crippen LogP contribution is -1.94. The summed E-state index contributed by atoms with van der Waals surface area (Å²) in [5.74, 6) is 0.0962. The summed E-state index contributed by atoms with van der Waals surface area (Å²) in [6.07, 6.45) is 0.937.